The van der Waals surface area contributed by atoms with E-state index in [2.05, 4.69) is 15.9 Å². The van der Waals surface area contributed by atoms with Crippen LogP contribution in [0.1, 0.15) is 44.6 Å². The zero-order valence-corrected chi connectivity index (χ0v) is 13.6. The highest BCUT2D eigenvalue weighted by molar-refractivity contribution is 9.10. The van der Waals surface area contributed by atoms with Crippen LogP contribution in [0.3, 0.4) is 0 Å². The Labute approximate surface area is 129 Å². The highest BCUT2D eigenvalue weighted by Gasteiger charge is 2.38. The molecule has 1 fully saturated rings. The van der Waals surface area contributed by atoms with Crippen LogP contribution in [0.5, 0.6) is 0 Å². The first-order valence-electron chi connectivity index (χ1n) is 7.41. The second kappa shape index (κ2) is 7.01. The largest absolute Gasteiger partial charge is 0.374 e. The average Bonchev–Trinajstić information content (AvgIpc) is 2.44. The third kappa shape index (κ3) is 3.60. The molecule has 0 aliphatic heterocycles. The molecule has 1 aromatic carbocycles. The number of nitrogens with two attached hydrogens (primary N) is 1. The summed E-state index contributed by atoms with van der Waals surface area (Å²) in [6, 6.07) is 4.85. The van der Waals surface area contributed by atoms with Gasteiger partial charge in [-0.3, -0.25) is 0 Å². The van der Waals surface area contributed by atoms with Crippen LogP contribution in [0.4, 0.5) is 4.39 Å². The second-order valence-corrected chi connectivity index (χ2v) is 6.52. The number of benzene rings is 1. The molecule has 1 atom stereocenters. The predicted octanol–water partition coefficient (Wildman–Crippen LogP) is 4.20. The maximum atomic E-state index is 13.9. The maximum Gasteiger partial charge on any atom is 0.126 e. The summed E-state index contributed by atoms with van der Waals surface area (Å²) in [6.45, 7) is 2.66. The molecule has 2 nitrogen and oxygen atoms in total. The Kier molecular flexibility index (Phi) is 5.58. The molecular formula is C16H23BrFNO. The Balaban J connectivity index is 2.15. The molecule has 1 unspecified atom stereocenters. The Hall–Kier alpha value is -0.450. The van der Waals surface area contributed by atoms with E-state index < -0.39 is 0 Å². The van der Waals surface area contributed by atoms with Crippen LogP contribution in [-0.4, -0.2) is 18.2 Å². The molecule has 1 aliphatic rings. The van der Waals surface area contributed by atoms with Gasteiger partial charge in [0.15, 0.2) is 0 Å². The standard InChI is InChI=1S/C16H23BrFNO/c1-2-20-16(8-4-3-5-9-16)15(19)11-12-10-13(17)6-7-14(12)18/h6-7,10,15H,2-5,8-9,11,19H2,1H3. The lowest BCUT2D eigenvalue weighted by atomic mass is 9.77. The fraction of sp³-hybridized carbons (Fsp3) is 0.625. The smallest absolute Gasteiger partial charge is 0.126 e. The van der Waals surface area contributed by atoms with Crippen LogP contribution in [0.15, 0.2) is 22.7 Å². The van der Waals surface area contributed by atoms with E-state index >= 15 is 0 Å². The summed E-state index contributed by atoms with van der Waals surface area (Å²) in [5.74, 6) is -0.189. The fourth-order valence-electron chi connectivity index (χ4n) is 3.18. The molecule has 0 aromatic heterocycles. The maximum absolute atomic E-state index is 13.9. The molecule has 1 aliphatic carbocycles. The fourth-order valence-corrected chi connectivity index (χ4v) is 3.59. The highest BCUT2D eigenvalue weighted by Crippen LogP contribution is 2.35. The quantitative estimate of drug-likeness (QED) is 0.869. The van der Waals surface area contributed by atoms with Crippen molar-refractivity contribution in [1.82, 2.24) is 0 Å². The molecule has 20 heavy (non-hydrogen) atoms. The summed E-state index contributed by atoms with van der Waals surface area (Å²) < 4.78 is 20.8. The van der Waals surface area contributed by atoms with Crippen LogP contribution in [-0.2, 0) is 11.2 Å². The lowest BCUT2D eigenvalue weighted by molar-refractivity contribution is -0.0818. The zero-order valence-electron chi connectivity index (χ0n) is 12.0. The molecule has 0 spiro atoms. The predicted molar refractivity (Wildman–Crippen MR) is 83.2 cm³/mol. The summed E-state index contributed by atoms with van der Waals surface area (Å²) in [7, 11) is 0. The molecule has 0 saturated heterocycles. The average molecular weight is 344 g/mol. The molecule has 0 radical (unpaired) electrons. The van der Waals surface area contributed by atoms with Gasteiger partial charge in [-0.1, -0.05) is 35.2 Å². The first-order valence-corrected chi connectivity index (χ1v) is 8.20. The minimum atomic E-state index is -0.276. The molecule has 0 heterocycles. The number of halogens is 2. The Morgan fingerprint density at radius 2 is 2.05 bits per heavy atom. The van der Waals surface area contributed by atoms with Gasteiger partial charge in [0.2, 0.25) is 0 Å². The van der Waals surface area contributed by atoms with Gasteiger partial charge < -0.3 is 10.5 Å². The summed E-state index contributed by atoms with van der Waals surface area (Å²) in [5, 5.41) is 0. The van der Waals surface area contributed by atoms with Gasteiger partial charge in [0.25, 0.3) is 0 Å². The molecular weight excluding hydrogens is 321 g/mol. The highest BCUT2D eigenvalue weighted by atomic mass is 79.9. The van der Waals surface area contributed by atoms with E-state index in [0.717, 1.165) is 30.2 Å². The summed E-state index contributed by atoms with van der Waals surface area (Å²) in [6.07, 6.45) is 6.02. The van der Waals surface area contributed by atoms with Gasteiger partial charge in [-0.15, -0.1) is 0 Å². The summed E-state index contributed by atoms with van der Waals surface area (Å²) in [5.41, 5.74) is 6.80. The molecule has 0 bridgehead atoms. The van der Waals surface area contributed by atoms with Crippen LogP contribution in [0.25, 0.3) is 0 Å². The van der Waals surface area contributed by atoms with E-state index in [1.54, 1.807) is 6.07 Å². The van der Waals surface area contributed by atoms with Crippen molar-refractivity contribution in [3.05, 3.63) is 34.1 Å². The van der Waals surface area contributed by atoms with Crippen molar-refractivity contribution < 1.29 is 9.13 Å². The lowest BCUT2D eigenvalue weighted by Crippen LogP contribution is -2.52. The van der Waals surface area contributed by atoms with Crippen LogP contribution >= 0.6 is 15.9 Å². The van der Waals surface area contributed by atoms with Crippen molar-refractivity contribution in [2.45, 2.75) is 57.1 Å². The van der Waals surface area contributed by atoms with Crippen molar-refractivity contribution >= 4 is 15.9 Å². The van der Waals surface area contributed by atoms with E-state index in [-0.39, 0.29) is 17.5 Å². The van der Waals surface area contributed by atoms with Crippen molar-refractivity contribution in [3.63, 3.8) is 0 Å². The van der Waals surface area contributed by atoms with E-state index in [1.807, 2.05) is 13.0 Å². The van der Waals surface area contributed by atoms with E-state index in [1.165, 1.54) is 12.5 Å². The minimum Gasteiger partial charge on any atom is -0.374 e. The van der Waals surface area contributed by atoms with Gasteiger partial charge in [-0.05, 0) is 49.9 Å². The van der Waals surface area contributed by atoms with Crippen molar-refractivity contribution in [2.24, 2.45) is 5.73 Å². The molecule has 112 valence electrons. The number of hydrogen-bond acceptors (Lipinski definition) is 2. The molecule has 4 heteroatoms. The SMILES string of the molecule is CCOC1(C(N)Cc2cc(Br)ccc2F)CCCCC1. The molecule has 0 amide bonds. The lowest BCUT2D eigenvalue weighted by Gasteiger charge is -2.41. The monoisotopic (exact) mass is 343 g/mol. The normalized spacial score (nSPS) is 19.8. The van der Waals surface area contributed by atoms with Gasteiger partial charge in [-0.2, -0.15) is 0 Å². The van der Waals surface area contributed by atoms with E-state index in [0.29, 0.717) is 18.6 Å². The molecule has 1 aromatic rings. The van der Waals surface area contributed by atoms with Gasteiger partial charge in [0, 0.05) is 17.1 Å². The van der Waals surface area contributed by atoms with Crippen LogP contribution in [0, 0.1) is 5.82 Å². The topological polar surface area (TPSA) is 35.2 Å². The number of rotatable bonds is 5. The van der Waals surface area contributed by atoms with Gasteiger partial charge >= 0.3 is 0 Å². The Morgan fingerprint density at radius 3 is 2.70 bits per heavy atom. The second-order valence-electron chi connectivity index (χ2n) is 5.60. The van der Waals surface area contributed by atoms with Gasteiger partial charge in [0.1, 0.15) is 5.82 Å². The Morgan fingerprint density at radius 1 is 1.35 bits per heavy atom. The molecule has 2 N–H and O–H groups in total. The summed E-state index contributed by atoms with van der Waals surface area (Å²) in [4.78, 5) is 0. The van der Waals surface area contributed by atoms with Gasteiger partial charge in [-0.25, -0.2) is 4.39 Å². The first-order chi connectivity index (χ1) is 9.57. The number of ether oxygens (including phenoxy) is 1. The third-order valence-corrected chi connectivity index (χ3v) is 4.75. The molecule has 2 rings (SSSR count). The zero-order chi connectivity index (χ0) is 14.6. The van der Waals surface area contributed by atoms with E-state index in [4.69, 9.17) is 10.5 Å². The summed E-state index contributed by atoms with van der Waals surface area (Å²) >= 11 is 3.39. The minimum absolute atomic E-state index is 0.161. The first kappa shape index (κ1) is 15.9. The molecule has 1 saturated carbocycles. The van der Waals surface area contributed by atoms with Crippen LogP contribution in [0.2, 0.25) is 0 Å². The van der Waals surface area contributed by atoms with Crippen molar-refractivity contribution in [2.75, 3.05) is 6.61 Å². The van der Waals surface area contributed by atoms with Crippen molar-refractivity contribution in [3.8, 4) is 0 Å². The van der Waals surface area contributed by atoms with Crippen molar-refractivity contribution in [1.29, 1.82) is 0 Å². The van der Waals surface area contributed by atoms with Crippen LogP contribution < -0.4 is 5.73 Å². The van der Waals surface area contributed by atoms with E-state index in [9.17, 15) is 4.39 Å². The van der Waals surface area contributed by atoms with Gasteiger partial charge in [0.05, 0.1) is 5.60 Å². The number of hydrogen-bond donors (Lipinski definition) is 1. The third-order valence-electron chi connectivity index (χ3n) is 4.26. The Bertz CT molecular complexity index is 441.